The third-order valence-electron chi connectivity index (χ3n) is 2.00. The second-order valence-corrected chi connectivity index (χ2v) is 4.83. The summed E-state index contributed by atoms with van der Waals surface area (Å²) in [5.41, 5.74) is 2.82. The SMILES string of the molecule is CCNc1ncc(Br)c(NCc2cscn2)n1. The largest absolute Gasteiger partial charge is 0.363 e. The van der Waals surface area contributed by atoms with Gasteiger partial charge in [-0.1, -0.05) is 0 Å². The Balaban J connectivity index is 2.06. The van der Waals surface area contributed by atoms with Crippen LogP contribution in [0.5, 0.6) is 0 Å². The summed E-state index contributed by atoms with van der Waals surface area (Å²) in [4.78, 5) is 12.7. The van der Waals surface area contributed by atoms with Crippen molar-refractivity contribution in [1.29, 1.82) is 0 Å². The third kappa shape index (κ3) is 3.37. The van der Waals surface area contributed by atoms with E-state index in [4.69, 9.17) is 0 Å². The Hall–Kier alpha value is -1.21. The van der Waals surface area contributed by atoms with Crippen molar-refractivity contribution in [3.05, 3.63) is 27.3 Å². The Kier molecular flexibility index (Phi) is 4.27. The minimum Gasteiger partial charge on any atom is -0.363 e. The summed E-state index contributed by atoms with van der Waals surface area (Å²) < 4.78 is 0.842. The first-order chi connectivity index (χ1) is 8.29. The average molecular weight is 314 g/mol. The zero-order valence-electron chi connectivity index (χ0n) is 9.27. The Morgan fingerprint density at radius 3 is 2.94 bits per heavy atom. The molecule has 0 aromatic carbocycles. The van der Waals surface area contributed by atoms with Gasteiger partial charge in [-0.2, -0.15) is 4.98 Å². The van der Waals surface area contributed by atoms with E-state index in [1.165, 1.54) is 0 Å². The van der Waals surface area contributed by atoms with Gasteiger partial charge in [0.15, 0.2) is 0 Å². The van der Waals surface area contributed by atoms with Crippen LogP contribution in [0.15, 0.2) is 21.6 Å². The molecule has 0 saturated carbocycles. The highest BCUT2D eigenvalue weighted by Crippen LogP contribution is 2.20. The standard InChI is InChI=1S/C10H12BrN5S/c1-2-12-10-14-4-8(11)9(16-10)13-3-7-5-17-6-15-7/h4-6H,2-3H2,1H3,(H2,12,13,14,16). The van der Waals surface area contributed by atoms with Crippen molar-refractivity contribution in [3.8, 4) is 0 Å². The van der Waals surface area contributed by atoms with E-state index in [0.29, 0.717) is 12.5 Å². The van der Waals surface area contributed by atoms with Crippen molar-refractivity contribution in [1.82, 2.24) is 15.0 Å². The van der Waals surface area contributed by atoms with Gasteiger partial charge in [0.25, 0.3) is 0 Å². The molecule has 2 heterocycles. The molecule has 2 rings (SSSR count). The first kappa shape index (κ1) is 12.3. The fourth-order valence-corrected chi connectivity index (χ4v) is 2.12. The van der Waals surface area contributed by atoms with Crippen LogP contribution in [0.25, 0.3) is 0 Å². The van der Waals surface area contributed by atoms with E-state index in [-0.39, 0.29) is 0 Å². The van der Waals surface area contributed by atoms with Gasteiger partial charge >= 0.3 is 0 Å². The van der Waals surface area contributed by atoms with Gasteiger partial charge in [-0.05, 0) is 22.9 Å². The number of nitrogens with zero attached hydrogens (tertiary/aromatic N) is 3. The number of anilines is 2. The predicted octanol–water partition coefficient (Wildman–Crippen LogP) is 2.74. The number of aromatic nitrogens is 3. The highest BCUT2D eigenvalue weighted by molar-refractivity contribution is 9.10. The van der Waals surface area contributed by atoms with Crippen molar-refractivity contribution in [2.45, 2.75) is 13.5 Å². The molecule has 0 atom stereocenters. The monoisotopic (exact) mass is 313 g/mol. The van der Waals surface area contributed by atoms with Crippen LogP contribution in [-0.2, 0) is 6.54 Å². The molecule has 17 heavy (non-hydrogen) atoms. The minimum atomic E-state index is 0.622. The lowest BCUT2D eigenvalue weighted by atomic mass is 10.4. The summed E-state index contributed by atoms with van der Waals surface area (Å²) >= 11 is 5.00. The smallest absolute Gasteiger partial charge is 0.224 e. The molecule has 0 aliphatic rings. The lowest BCUT2D eigenvalue weighted by molar-refractivity contribution is 1.02. The predicted molar refractivity (Wildman–Crippen MR) is 73.3 cm³/mol. The van der Waals surface area contributed by atoms with Crippen molar-refractivity contribution in [2.75, 3.05) is 17.2 Å². The fraction of sp³-hybridized carbons (Fsp3) is 0.300. The lowest BCUT2D eigenvalue weighted by Crippen LogP contribution is -2.07. The molecule has 7 heteroatoms. The molecule has 5 nitrogen and oxygen atoms in total. The summed E-state index contributed by atoms with van der Waals surface area (Å²) in [6.07, 6.45) is 1.73. The molecule has 0 unspecified atom stereocenters. The number of hydrogen-bond donors (Lipinski definition) is 2. The molecule has 0 radical (unpaired) electrons. The molecule has 2 aromatic rings. The molecule has 0 saturated heterocycles. The highest BCUT2D eigenvalue weighted by Gasteiger charge is 2.04. The summed E-state index contributed by atoms with van der Waals surface area (Å²) in [7, 11) is 0. The second kappa shape index (κ2) is 5.92. The van der Waals surface area contributed by atoms with E-state index in [9.17, 15) is 0 Å². The van der Waals surface area contributed by atoms with Gasteiger partial charge < -0.3 is 10.6 Å². The molecule has 2 N–H and O–H groups in total. The molecule has 0 bridgehead atoms. The molecular weight excluding hydrogens is 302 g/mol. The highest BCUT2D eigenvalue weighted by atomic mass is 79.9. The number of thiazole rings is 1. The normalized spacial score (nSPS) is 10.2. The number of halogens is 1. The topological polar surface area (TPSA) is 62.7 Å². The second-order valence-electron chi connectivity index (χ2n) is 3.25. The number of rotatable bonds is 5. The lowest BCUT2D eigenvalue weighted by Gasteiger charge is -2.08. The van der Waals surface area contributed by atoms with Gasteiger partial charge in [0, 0.05) is 18.1 Å². The van der Waals surface area contributed by atoms with E-state index in [1.807, 2.05) is 17.8 Å². The van der Waals surface area contributed by atoms with Crippen LogP contribution in [0.2, 0.25) is 0 Å². The maximum Gasteiger partial charge on any atom is 0.224 e. The molecule has 0 aliphatic carbocycles. The number of nitrogens with one attached hydrogen (secondary N) is 2. The van der Waals surface area contributed by atoms with Gasteiger partial charge in [-0.25, -0.2) is 9.97 Å². The van der Waals surface area contributed by atoms with Crippen LogP contribution in [-0.4, -0.2) is 21.5 Å². The van der Waals surface area contributed by atoms with Crippen LogP contribution < -0.4 is 10.6 Å². The van der Waals surface area contributed by atoms with Gasteiger partial charge in [-0.15, -0.1) is 11.3 Å². The van der Waals surface area contributed by atoms with Crippen molar-refractivity contribution < 1.29 is 0 Å². The molecule has 0 aliphatic heterocycles. The average Bonchev–Trinajstić information content (AvgIpc) is 2.83. The zero-order valence-corrected chi connectivity index (χ0v) is 11.7. The van der Waals surface area contributed by atoms with Crippen LogP contribution in [0.1, 0.15) is 12.6 Å². The molecule has 90 valence electrons. The molecule has 0 fully saturated rings. The van der Waals surface area contributed by atoms with E-state index >= 15 is 0 Å². The van der Waals surface area contributed by atoms with Gasteiger partial charge in [0.2, 0.25) is 5.95 Å². The minimum absolute atomic E-state index is 0.622. The van der Waals surface area contributed by atoms with Crippen LogP contribution in [0.4, 0.5) is 11.8 Å². The van der Waals surface area contributed by atoms with Gasteiger partial charge in [0.1, 0.15) is 5.82 Å². The first-order valence-electron chi connectivity index (χ1n) is 5.17. The maximum atomic E-state index is 4.36. The van der Waals surface area contributed by atoms with E-state index in [1.54, 1.807) is 17.5 Å². The first-order valence-corrected chi connectivity index (χ1v) is 6.90. The van der Waals surface area contributed by atoms with Crippen molar-refractivity contribution in [3.63, 3.8) is 0 Å². The Morgan fingerprint density at radius 1 is 1.35 bits per heavy atom. The van der Waals surface area contributed by atoms with E-state index < -0.39 is 0 Å². The summed E-state index contributed by atoms with van der Waals surface area (Å²) in [5, 5.41) is 8.30. The Bertz CT molecular complexity index is 474. The van der Waals surface area contributed by atoms with Crippen LogP contribution >= 0.6 is 27.3 Å². The summed E-state index contributed by atoms with van der Waals surface area (Å²) in [5.74, 6) is 1.39. The van der Waals surface area contributed by atoms with Crippen LogP contribution in [0, 0.1) is 0 Å². The summed E-state index contributed by atoms with van der Waals surface area (Å²) in [6.45, 7) is 3.46. The zero-order chi connectivity index (χ0) is 12.1. The number of hydrogen-bond acceptors (Lipinski definition) is 6. The van der Waals surface area contributed by atoms with Crippen molar-refractivity contribution in [2.24, 2.45) is 0 Å². The molecular formula is C10H12BrN5S. The Morgan fingerprint density at radius 2 is 2.24 bits per heavy atom. The molecule has 2 aromatic heterocycles. The van der Waals surface area contributed by atoms with Gasteiger partial charge in [-0.3, -0.25) is 0 Å². The third-order valence-corrected chi connectivity index (χ3v) is 3.22. The molecule has 0 amide bonds. The quantitative estimate of drug-likeness (QED) is 0.888. The maximum absolute atomic E-state index is 4.36. The van der Waals surface area contributed by atoms with Crippen LogP contribution in [0.3, 0.4) is 0 Å². The fourth-order valence-electron chi connectivity index (χ4n) is 1.23. The van der Waals surface area contributed by atoms with E-state index in [0.717, 1.165) is 22.5 Å². The summed E-state index contributed by atoms with van der Waals surface area (Å²) in [6, 6.07) is 0. The Labute approximate surface area is 112 Å². The van der Waals surface area contributed by atoms with Gasteiger partial charge in [0.05, 0.1) is 22.2 Å². The van der Waals surface area contributed by atoms with E-state index in [2.05, 4.69) is 41.5 Å². The van der Waals surface area contributed by atoms with Crippen molar-refractivity contribution >= 4 is 39.0 Å². The molecule has 0 spiro atoms.